The van der Waals surface area contributed by atoms with E-state index in [2.05, 4.69) is 15.2 Å². The Hall–Kier alpha value is -1.85. The second-order valence-corrected chi connectivity index (χ2v) is 7.04. The third-order valence-corrected chi connectivity index (χ3v) is 5.54. The summed E-state index contributed by atoms with van der Waals surface area (Å²) in [6.07, 6.45) is 7.19. The zero-order valence-electron chi connectivity index (χ0n) is 14.0. The van der Waals surface area contributed by atoms with Crippen LogP contribution in [0.4, 0.5) is 5.69 Å². The van der Waals surface area contributed by atoms with Gasteiger partial charge >= 0.3 is 0 Å². The molecule has 4 rings (SSSR count). The Morgan fingerprint density at radius 2 is 2.00 bits per heavy atom. The van der Waals surface area contributed by atoms with E-state index in [1.54, 1.807) is 0 Å². The Labute approximate surface area is 142 Å². The molecule has 1 aliphatic heterocycles. The summed E-state index contributed by atoms with van der Waals surface area (Å²) in [5.41, 5.74) is 2.00. The van der Waals surface area contributed by atoms with Crippen molar-refractivity contribution < 1.29 is 9.53 Å². The van der Waals surface area contributed by atoms with Crippen LogP contribution in [0.1, 0.15) is 32.1 Å². The number of aromatic amines is 1. The molecule has 2 aliphatic rings. The zero-order chi connectivity index (χ0) is 16.4. The van der Waals surface area contributed by atoms with E-state index in [1.807, 2.05) is 30.5 Å². The minimum Gasteiger partial charge on any atom is -0.379 e. The topological polar surface area (TPSA) is 57.4 Å². The fraction of sp³-hybridized carbons (Fsp3) is 0.526. The maximum absolute atomic E-state index is 12.7. The second-order valence-electron chi connectivity index (χ2n) is 7.04. The smallest absolute Gasteiger partial charge is 0.226 e. The van der Waals surface area contributed by atoms with Gasteiger partial charge in [0.1, 0.15) is 0 Å². The number of nitrogens with one attached hydrogen (secondary N) is 2. The second kappa shape index (κ2) is 6.57. The van der Waals surface area contributed by atoms with Gasteiger partial charge in [-0.25, -0.2) is 0 Å². The average Bonchev–Trinajstić information content (AvgIpc) is 3.25. The van der Waals surface area contributed by atoms with E-state index in [-0.39, 0.29) is 11.4 Å². The van der Waals surface area contributed by atoms with E-state index in [1.165, 1.54) is 12.8 Å². The Morgan fingerprint density at radius 3 is 2.79 bits per heavy atom. The molecule has 2 heterocycles. The predicted molar refractivity (Wildman–Crippen MR) is 95.1 cm³/mol. The summed E-state index contributed by atoms with van der Waals surface area (Å²) in [5.74, 6) is 0.123. The summed E-state index contributed by atoms with van der Waals surface area (Å²) in [5, 5.41) is 4.23. The van der Waals surface area contributed by atoms with Crippen LogP contribution in [0.3, 0.4) is 0 Å². The number of nitrogens with zero attached hydrogens (tertiary/aromatic N) is 1. The van der Waals surface area contributed by atoms with Crippen LogP contribution in [-0.2, 0) is 9.53 Å². The SMILES string of the molecule is O=C(CC1(N2CCOCC2)CCCC1)Nc1ccc2[nH]ccc2c1. The molecule has 1 aromatic heterocycles. The van der Waals surface area contributed by atoms with Gasteiger partial charge in [0, 0.05) is 47.8 Å². The van der Waals surface area contributed by atoms with E-state index in [4.69, 9.17) is 4.74 Å². The van der Waals surface area contributed by atoms with Crippen molar-refractivity contribution in [2.45, 2.75) is 37.6 Å². The number of H-pyrrole nitrogens is 1. The van der Waals surface area contributed by atoms with Crippen LogP contribution in [0, 0.1) is 0 Å². The first-order chi connectivity index (χ1) is 11.8. The minimum atomic E-state index is 0.0338. The van der Waals surface area contributed by atoms with Crippen molar-refractivity contribution in [1.29, 1.82) is 0 Å². The number of rotatable bonds is 4. The normalized spacial score (nSPS) is 21.2. The van der Waals surface area contributed by atoms with Gasteiger partial charge < -0.3 is 15.0 Å². The summed E-state index contributed by atoms with van der Waals surface area (Å²) in [6, 6.07) is 8.03. The van der Waals surface area contributed by atoms with Crippen LogP contribution in [0.25, 0.3) is 10.9 Å². The Bertz CT molecular complexity index is 712. The van der Waals surface area contributed by atoms with Gasteiger partial charge in [-0.1, -0.05) is 12.8 Å². The predicted octanol–water partition coefficient (Wildman–Crippen LogP) is 3.14. The number of fused-ring (bicyclic) bond motifs is 1. The lowest BCUT2D eigenvalue weighted by Crippen LogP contribution is -2.53. The molecule has 24 heavy (non-hydrogen) atoms. The summed E-state index contributed by atoms with van der Waals surface area (Å²) in [6.45, 7) is 3.46. The fourth-order valence-electron chi connectivity index (χ4n) is 4.31. The van der Waals surface area contributed by atoms with Crippen molar-refractivity contribution in [3.63, 3.8) is 0 Å². The monoisotopic (exact) mass is 327 g/mol. The standard InChI is InChI=1S/C19H25N3O2/c23-18(21-16-3-4-17-15(13-16)5-8-20-17)14-19(6-1-2-7-19)22-9-11-24-12-10-22/h3-5,8,13,20H,1-2,6-7,9-12,14H2,(H,21,23). The van der Waals surface area contributed by atoms with Crippen molar-refractivity contribution in [3.8, 4) is 0 Å². The van der Waals surface area contributed by atoms with Gasteiger partial charge in [0.05, 0.1) is 13.2 Å². The number of anilines is 1. The van der Waals surface area contributed by atoms with E-state index in [9.17, 15) is 4.79 Å². The largest absolute Gasteiger partial charge is 0.379 e. The number of morpholine rings is 1. The van der Waals surface area contributed by atoms with Crippen LogP contribution in [-0.4, -0.2) is 47.6 Å². The van der Waals surface area contributed by atoms with Gasteiger partial charge in [0.15, 0.2) is 0 Å². The van der Waals surface area contributed by atoms with Crippen LogP contribution >= 0.6 is 0 Å². The molecule has 0 bridgehead atoms. The first kappa shape index (κ1) is 15.7. The fourth-order valence-corrected chi connectivity index (χ4v) is 4.31. The lowest BCUT2D eigenvalue weighted by molar-refractivity contribution is -0.120. The molecule has 1 amide bonds. The van der Waals surface area contributed by atoms with Crippen LogP contribution < -0.4 is 5.32 Å². The van der Waals surface area contributed by atoms with E-state index in [0.29, 0.717) is 6.42 Å². The molecule has 128 valence electrons. The van der Waals surface area contributed by atoms with Gasteiger partial charge in [-0.3, -0.25) is 9.69 Å². The Balaban J connectivity index is 1.46. The minimum absolute atomic E-state index is 0.0338. The third-order valence-electron chi connectivity index (χ3n) is 5.54. The van der Waals surface area contributed by atoms with Crippen LogP contribution in [0.15, 0.2) is 30.5 Å². The number of benzene rings is 1. The summed E-state index contributed by atoms with van der Waals surface area (Å²) < 4.78 is 5.49. The molecule has 0 spiro atoms. The summed E-state index contributed by atoms with van der Waals surface area (Å²) in [7, 11) is 0. The van der Waals surface area contributed by atoms with Crippen LogP contribution in [0.5, 0.6) is 0 Å². The molecule has 1 aromatic carbocycles. The molecular weight excluding hydrogens is 302 g/mol. The highest BCUT2D eigenvalue weighted by molar-refractivity contribution is 5.94. The quantitative estimate of drug-likeness (QED) is 0.907. The lowest BCUT2D eigenvalue weighted by Gasteiger charge is -2.43. The van der Waals surface area contributed by atoms with E-state index >= 15 is 0 Å². The molecule has 2 N–H and O–H groups in total. The van der Waals surface area contributed by atoms with Gasteiger partial charge in [0.2, 0.25) is 5.91 Å². The number of ether oxygens (including phenoxy) is 1. The van der Waals surface area contributed by atoms with Crippen LogP contribution in [0.2, 0.25) is 0 Å². The molecule has 0 unspecified atom stereocenters. The van der Waals surface area contributed by atoms with Gasteiger partial charge in [-0.05, 0) is 37.1 Å². The number of aromatic nitrogens is 1. The van der Waals surface area contributed by atoms with Gasteiger partial charge in [-0.15, -0.1) is 0 Å². The first-order valence-corrected chi connectivity index (χ1v) is 8.95. The molecule has 1 aliphatic carbocycles. The summed E-state index contributed by atoms with van der Waals surface area (Å²) in [4.78, 5) is 18.4. The molecular formula is C19H25N3O2. The molecule has 5 heteroatoms. The molecule has 0 radical (unpaired) electrons. The Kier molecular flexibility index (Phi) is 4.29. The first-order valence-electron chi connectivity index (χ1n) is 8.95. The van der Waals surface area contributed by atoms with Crippen molar-refractivity contribution in [1.82, 2.24) is 9.88 Å². The highest BCUT2D eigenvalue weighted by Crippen LogP contribution is 2.38. The van der Waals surface area contributed by atoms with E-state index < -0.39 is 0 Å². The third kappa shape index (κ3) is 3.06. The molecule has 1 saturated carbocycles. The van der Waals surface area contributed by atoms with E-state index in [0.717, 1.165) is 55.7 Å². The number of hydrogen-bond donors (Lipinski definition) is 2. The van der Waals surface area contributed by atoms with Crippen molar-refractivity contribution in [3.05, 3.63) is 30.5 Å². The maximum Gasteiger partial charge on any atom is 0.226 e. The highest BCUT2D eigenvalue weighted by Gasteiger charge is 2.41. The number of amides is 1. The molecule has 5 nitrogen and oxygen atoms in total. The summed E-state index contributed by atoms with van der Waals surface area (Å²) >= 11 is 0. The highest BCUT2D eigenvalue weighted by atomic mass is 16.5. The zero-order valence-corrected chi connectivity index (χ0v) is 14.0. The lowest BCUT2D eigenvalue weighted by atomic mass is 9.90. The van der Waals surface area contributed by atoms with Gasteiger partial charge in [-0.2, -0.15) is 0 Å². The molecule has 1 saturated heterocycles. The number of carbonyl (C=O) groups excluding carboxylic acids is 1. The number of hydrogen-bond acceptors (Lipinski definition) is 3. The molecule has 0 atom stereocenters. The average molecular weight is 327 g/mol. The van der Waals surface area contributed by atoms with Crippen molar-refractivity contribution in [2.24, 2.45) is 0 Å². The molecule has 2 aromatic rings. The Morgan fingerprint density at radius 1 is 1.21 bits per heavy atom. The van der Waals surface area contributed by atoms with Crippen molar-refractivity contribution in [2.75, 3.05) is 31.6 Å². The maximum atomic E-state index is 12.7. The van der Waals surface area contributed by atoms with Gasteiger partial charge in [0.25, 0.3) is 0 Å². The number of carbonyl (C=O) groups is 1. The molecule has 2 fully saturated rings. The van der Waals surface area contributed by atoms with Crippen molar-refractivity contribution >= 4 is 22.5 Å².